The first-order valence-corrected chi connectivity index (χ1v) is 12.4. The lowest BCUT2D eigenvalue weighted by molar-refractivity contribution is 0.0233. The Morgan fingerprint density at radius 2 is 1.88 bits per heavy atom. The van der Waals surface area contributed by atoms with Gasteiger partial charge in [-0.15, -0.1) is 0 Å². The molecule has 182 valence electrons. The summed E-state index contributed by atoms with van der Waals surface area (Å²) in [6, 6.07) is 10.1. The average molecular weight is 494 g/mol. The molecule has 0 bridgehead atoms. The highest BCUT2D eigenvalue weighted by atomic mass is 32.2. The number of nitrogens with one attached hydrogen (secondary N) is 1. The third-order valence-corrected chi connectivity index (χ3v) is 7.37. The molecule has 11 heteroatoms. The number of esters is 1. The first-order valence-electron chi connectivity index (χ1n) is 10.9. The molecule has 0 aliphatic heterocycles. The summed E-state index contributed by atoms with van der Waals surface area (Å²) in [4.78, 5) is 16.9. The molecule has 1 aromatic heterocycles. The van der Waals surface area contributed by atoms with Gasteiger partial charge in [0.15, 0.2) is 11.9 Å². The molecule has 2 aromatic carbocycles. The molecule has 3 aromatic rings. The van der Waals surface area contributed by atoms with Gasteiger partial charge in [0.2, 0.25) is 10.0 Å². The van der Waals surface area contributed by atoms with E-state index >= 15 is 0 Å². The molecule has 0 amide bonds. The molecule has 1 heterocycles. The van der Waals surface area contributed by atoms with Crippen molar-refractivity contribution in [2.24, 2.45) is 0 Å². The van der Waals surface area contributed by atoms with Crippen LogP contribution >= 0.6 is 0 Å². The summed E-state index contributed by atoms with van der Waals surface area (Å²) in [7, 11) is -2.62. The average Bonchev–Trinajstić information content (AvgIpc) is 3.45. The Labute approximate surface area is 195 Å². The SMILES string of the molecule is COc1ccc(C(=O)OC(C)c2nc3ccccc3n2C(F)F)cc1S(=O)(=O)NC1CCCC1. The number of carbonyl (C=O) groups excluding carboxylic acids is 1. The molecule has 1 N–H and O–H groups in total. The van der Waals surface area contributed by atoms with Crippen molar-refractivity contribution in [3.05, 3.63) is 53.9 Å². The first kappa shape index (κ1) is 24.1. The van der Waals surface area contributed by atoms with E-state index in [0.717, 1.165) is 25.7 Å². The zero-order valence-electron chi connectivity index (χ0n) is 18.7. The Morgan fingerprint density at radius 1 is 1.18 bits per heavy atom. The lowest BCUT2D eigenvalue weighted by atomic mass is 10.2. The van der Waals surface area contributed by atoms with Gasteiger partial charge in [0.05, 0.1) is 23.7 Å². The molecule has 1 aliphatic carbocycles. The summed E-state index contributed by atoms with van der Waals surface area (Å²) < 4.78 is 67.4. The van der Waals surface area contributed by atoms with Crippen molar-refractivity contribution < 1.29 is 31.5 Å². The largest absolute Gasteiger partial charge is 0.495 e. The van der Waals surface area contributed by atoms with Crippen LogP contribution in [-0.2, 0) is 14.8 Å². The Morgan fingerprint density at radius 3 is 2.56 bits per heavy atom. The van der Waals surface area contributed by atoms with Gasteiger partial charge in [-0.3, -0.25) is 4.57 Å². The summed E-state index contributed by atoms with van der Waals surface area (Å²) in [5.74, 6) is -0.913. The number of ether oxygens (including phenoxy) is 2. The zero-order valence-corrected chi connectivity index (χ0v) is 19.5. The second-order valence-electron chi connectivity index (χ2n) is 8.12. The van der Waals surface area contributed by atoms with Crippen LogP contribution in [0, 0.1) is 0 Å². The number of carbonyl (C=O) groups is 1. The van der Waals surface area contributed by atoms with Crippen molar-refractivity contribution in [3.8, 4) is 5.75 Å². The van der Waals surface area contributed by atoms with Gasteiger partial charge >= 0.3 is 12.5 Å². The summed E-state index contributed by atoms with van der Waals surface area (Å²) in [6.07, 6.45) is 2.25. The lowest BCUT2D eigenvalue weighted by Gasteiger charge is -2.17. The minimum atomic E-state index is -3.96. The third kappa shape index (κ3) is 4.76. The van der Waals surface area contributed by atoms with Crippen molar-refractivity contribution in [1.82, 2.24) is 14.3 Å². The molecule has 1 saturated carbocycles. The number of halogens is 2. The second-order valence-corrected chi connectivity index (χ2v) is 9.80. The molecule has 0 saturated heterocycles. The van der Waals surface area contributed by atoms with E-state index in [-0.39, 0.29) is 33.6 Å². The fourth-order valence-corrected chi connectivity index (χ4v) is 5.68. The van der Waals surface area contributed by atoms with Crippen molar-refractivity contribution in [2.75, 3.05) is 7.11 Å². The smallest absolute Gasteiger partial charge is 0.338 e. The van der Waals surface area contributed by atoms with E-state index in [2.05, 4.69) is 9.71 Å². The molecular weight excluding hydrogens is 468 g/mol. The lowest BCUT2D eigenvalue weighted by Crippen LogP contribution is -2.33. The van der Waals surface area contributed by atoms with Crippen LogP contribution in [0.25, 0.3) is 11.0 Å². The van der Waals surface area contributed by atoms with Crippen molar-refractivity contribution >= 4 is 27.0 Å². The van der Waals surface area contributed by atoms with Crippen molar-refractivity contribution in [3.63, 3.8) is 0 Å². The summed E-state index contributed by atoms with van der Waals surface area (Å²) in [5, 5.41) is 0. The van der Waals surface area contributed by atoms with Crippen LogP contribution in [0.4, 0.5) is 8.78 Å². The number of aromatic nitrogens is 2. The van der Waals surface area contributed by atoms with E-state index in [0.29, 0.717) is 10.1 Å². The molecule has 34 heavy (non-hydrogen) atoms. The van der Waals surface area contributed by atoms with Crippen LogP contribution in [0.3, 0.4) is 0 Å². The first-order chi connectivity index (χ1) is 16.2. The molecule has 8 nitrogen and oxygen atoms in total. The number of fused-ring (bicyclic) bond motifs is 1. The van der Waals surface area contributed by atoms with Gasteiger partial charge in [0.25, 0.3) is 0 Å². The van der Waals surface area contributed by atoms with Gasteiger partial charge in [-0.25, -0.2) is 22.9 Å². The third-order valence-electron chi connectivity index (χ3n) is 5.83. The van der Waals surface area contributed by atoms with Crippen molar-refractivity contribution in [1.29, 1.82) is 0 Å². The number of imidazole rings is 1. The van der Waals surface area contributed by atoms with Gasteiger partial charge in [-0.2, -0.15) is 8.78 Å². The van der Waals surface area contributed by atoms with Gasteiger partial charge in [-0.1, -0.05) is 25.0 Å². The predicted octanol–water partition coefficient (Wildman–Crippen LogP) is 4.58. The quantitative estimate of drug-likeness (QED) is 0.461. The maximum absolute atomic E-state index is 13.7. The van der Waals surface area contributed by atoms with E-state index in [1.807, 2.05) is 0 Å². The van der Waals surface area contributed by atoms with Crippen molar-refractivity contribution in [2.45, 2.75) is 56.2 Å². The number of hydrogen-bond acceptors (Lipinski definition) is 6. The van der Waals surface area contributed by atoms with Gasteiger partial charge in [0.1, 0.15) is 10.6 Å². The number of nitrogens with zero attached hydrogens (tertiary/aromatic N) is 2. The van der Waals surface area contributed by atoms with E-state index in [4.69, 9.17) is 9.47 Å². The molecule has 1 atom stereocenters. The summed E-state index contributed by atoms with van der Waals surface area (Å²) in [6.45, 7) is -1.45. The number of rotatable bonds is 8. The number of para-hydroxylation sites is 2. The number of methoxy groups -OCH3 is 1. The fourth-order valence-electron chi connectivity index (χ4n) is 4.18. The number of benzene rings is 2. The molecule has 1 fully saturated rings. The van der Waals surface area contributed by atoms with Gasteiger partial charge in [-0.05, 0) is 50.1 Å². The molecule has 0 spiro atoms. The molecule has 1 unspecified atom stereocenters. The Hall–Kier alpha value is -3.05. The van der Waals surface area contributed by atoms with E-state index in [1.165, 1.54) is 38.3 Å². The molecule has 0 radical (unpaired) electrons. The number of hydrogen-bond donors (Lipinski definition) is 1. The highest BCUT2D eigenvalue weighted by Gasteiger charge is 2.28. The Bertz CT molecular complexity index is 1300. The molecule has 4 rings (SSSR count). The normalized spacial score (nSPS) is 15.7. The predicted molar refractivity (Wildman–Crippen MR) is 120 cm³/mol. The van der Waals surface area contributed by atoms with E-state index in [1.54, 1.807) is 18.2 Å². The number of sulfonamides is 1. The number of alkyl halides is 2. The van der Waals surface area contributed by atoms with Gasteiger partial charge in [0, 0.05) is 6.04 Å². The van der Waals surface area contributed by atoms with Crippen LogP contribution in [0.5, 0.6) is 5.75 Å². The van der Waals surface area contributed by atoms with Crippen LogP contribution < -0.4 is 9.46 Å². The summed E-state index contributed by atoms with van der Waals surface area (Å²) in [5.41, 5.74) is 0.502. The zero-order chi connectivity index (χ0) is 24.5. The Balaban J connectivity index is 1.61. The highest BCUT2D eigenvalue weighted by Crippen LogP contribution is 2.30. The highest BCUT2D eigenvalue weighted by molar-refractivity contribution is 7.89. The second kappa shape index (κ2) is 9.67. The molecule has 1 aliphatic rings. The maximum atomic E-state index is 13.7. The monoisotopic (exact) mass is 493 g/mol. The fraction of sp³-hybridized carbons (Fsp3) is 0.391. The minimum absolute atomic E-state index is 0.0563. The van der Waals surface area contributed by atoms with Gasteiger partial charge < -0.3 is 9.47 Å². The molecular formula is C23H25F2N3O5S. The van der Waals surface area contributed by atoms with E-state index in [9.17, 15) is 22.0 Å². The van der Waals surface area contributed by atoms with Crippen LogP contribution in [0.1, 0.15) is 61.4 Å². The van der Waals surface area contributed by atoms with Crippen LogP contribution in [0.15, 0.2) is 47.4 Å². The minimum Gasteiger partial charge on any atom is -0.495 e. The standard InChI is InChI=1S/C23H25F2N3O5S/c1-14(21-26-17-9-5-6-10-18(17)28(21)23(24)25)33-22(29)15-11-12-19(32-2)20(13-15)34(30,31)27-16-7-3-4-8-16/h5-6,9-14,16,23,27H,3-4,7-8H2,1-2H3. The van der Waals surface area contributed by atoms with Crippen LogP contribution in [-0.4, -0.2) is 37.1 Å². The Kier molecular flexibility index (Phi) is 6.85. The van der Waals surface area contributed by atoms with E-state index < -0.39 is 28.6 Å². The summed E-state index contributed by atoms with van der Waals surface area (Å²) >= 11 is 0. The van der Waals surface area contributed by atoms with Crippen LogP contribution in [0.2, 0.25) is 0 Å². The maximum Gasteiger partial charge on any atom is 0.338 e. The topological polar surface area (TPSA) is 99.5 Å².